The van der Waals surface area contributed by atoms with E-state index in [0.29, 0.717) is 0 Å². The van der Waals surface area contributed by atoms with Crippen molar-refractivity contribution >= 4 is 0 Å². The van der Waals surface area contributed by atoms with Crippen LogP contribution in [0.2, 0.25) is 0 Å². The molecular weight excluding hydrogens is 216 g/mol. The molecule has 4 fully saturated rings. The van der Waals surface area contributed by atoms with Gasteiger partial charge in [0.1, 0.15) is 0 Å². The topological polar surface area (TPSA) is 0 Å². The molecule has 4 aliphatic rings. The molecule has 0 amide bonds. The van der Waals surface area contributed by atoms with Crippen LogP contribution in [-0.2, 0) is 0 Å². The molecule has 0 N–H and O–H groups in total. The second-order valence-corrected chi connectivity index (χ2v) is 8.58. The summed E-state index contributed by atoms with van der Waals surface area (Å²) in [5.41, 5.74) is 0.719. The van der Waals surface area contributed by atoms with Gasteiger partial charge in [-0.15, -0.1) is 0 Å². The lowest BCUT2D eigenvalue weighted by molar-refractivity contribution is -0.0232. The van der Waals surface area contributed by atoms with Crippen molar-refractivity contribution < 1.29 is 0 Å². The third-order valence-corrected chi connectivity index (χ3v) is 8.35. The molecule has 4 saturated carbocycles. The van der Waals surface area contributed by atoms with Gasteiger partial charge in [-0.1, -0.05) is 20.8 Å². The van der Waals surface area contributed by atoms with Crippen LogP contribution >= 0.6 is 0 Å². The van der Waals surface area contributed by atoms with Crippen LogP contribution in [0.1, 0.15) is 65.7 Å². The minimum absolute atomic E-state index is 0.719. The van der Waals surface area contributed by atoms with E-state index in [1.165, 1.54) is 0 Å². The van der Waals surface area contributed by atoms with E-state index in [0.717, 1.165) is 46.8 Å². The molecule has 0 aromatic heterocycles. The first kappa shape index (κ1) is 11.8. The van der Waals surface area contributed by atoms with Gasteiger partial charge in [-0.05, 0) is 91.8 Å². The molecule has 8 atom stereocenters. The van der Waals surface area contributed by atoms with Gasteiger partial charge >= 0.3 is 0 Å². The Bertz CT molecular complexity index is 342. The Morgan fingerprint density at radius 2 is 1.50 bits per heavy atom. The predicted molar refractivity (Wildman–Crippen MR) is 76.2 cm³/mol. The maximum Gasteiger partial charge on any atom is -0.0238 e. The second-order valence-electron chi connectivity index (χ2n) is 8.58. The highest BCUT2D eigenvalue weighted by Gasteiger charge is 2.59. The summed E-state index contributed by atoms with van der Waals surface area (Å²) in [6.07, 6.45) is 11.0. The Kier molecular flexibility index (Phi) is 2.47. The summed E-state index contributed by atoms with van der Waals surface area (Å²) in [7, 11) is 0. The molecule has 18 heavy (non-hydrogen) atoms. The van der Waals surface area contributed by atoms with Gasteiger partial charge in [-0.25, -0.2) is 0 Å². The van der Waals surface area contributed by atoms with E-state index in [1.807, 2.05) is 0 Å². The Balaban J connectivity index is 1.66. The summed E-state index contributed by atoms with van der Waals surface area (Å²) < 4.78 is 0. The van der Waals surface area contributed by atoms with Crippen LogP contribution in [0.5, 0.6) is 0 Å². The van der Waals surface area contributed by atoms with Gasteiger partial charge in [-0.2, -0.15) is 0 Å². The molecule has 0 saturated heterocycles. The molecule has 4 bridgehead atoms. The van der Waals surface area contributed by atoms with E-state index < -0.39 is 0 Å². The molecule has 0 heterocycles. The van der Waals surface area contributed by atoms with Crippen LogP contribution in [-0.4, -0.2) is 0 Å². The summed E-state index contributed by atoms with van der Waals surface area (Å²) in [6, 6.07) is 0. The molecule has 0 heteroatoms. The summed E-state index contributed by atoms with van der Waals surface area (Å²) in [5.74, 6) is 7.52. The summed E-state index contributed by atoms with van der Waals surface area (Å²) in [5, 5.41) is 0. The summed E-state index contributed by atoms with van der Waals surface area (Å²) in [6.45, 7) is 7.87. The normalized spacial score (nSPS) is 62.5. The van der Waals surface area contributed by atoms with Crippen molar-refractivity contribution in [2.24, 2.45) is 46.8 Å². The molecule has 4 aliphatic carbocycles. The van der Waals surface area contributed by atoms with Crippen LogP contribution in [0.3, 0.4) is 0 Å². The largest absolute Gasteiger partial charge is 0.0622 e. The molecule has 0 spiro atoms. The second kappa shape index (κ2) is 3.76. The Morgan fingerprint density at radius 1 is 0.778 bits per heavy atom. The van der Waals surface area contributed by atoms with Crippen molar-refractivity contribution in [2.75, 3.05) is 0 Å². The zero-order chi connectivity index (χ0) is 12.5. The van der Waals surface area contributed by atoms with E-state index >= 15 is 0 Å². The molecule has 0 nitrogen and oxygen atoms in total. The molecule has 4 rings (SSSR count). The fraction of sp³-hybridized carbons (Fsp3) is 1.00. The van der Waals surface area contributed by atoms with E-state index in [1.54, 1.807) is 44.9 Å². The zero-order valence-electron chi connectivity index (χ0n) is 12.5. The van der Waals surface area contributed by atoms with Crippen molar-refractivity contribution in [3.05, 3.63) is 0 Å². The number of fused-ring (bicyclic) bond motifs is 4. The highest BCUT2D eigenvalue weighted by Crippen LogP contribution is 2.67. The Morgan fingerprint density at radius 3 is 2.22 bits per heavy atom. The van der Waals surface area contributed by atoms with Crippen molar-refractivity contribution in [1.82, 2.24) is 0 Å². The summed E-state index contributed by atoms with van der Waals surface area (Å²) >= 11 is 0. The number of hydrogen-bond acceptors (Lipinski definition) is 0. The molecular formula is C18H30. The predicted octanol–water partition coefficient (Wildman–Crippen LogP) is 5.13. The average Bonchev–Trinajstić information content (AvgIpc) is 3.03. The molecule has 0 radical (unpaired) electrons. The van der Waals surface area contributed by atoms with Gasteiger partial charge in [0.25, 0.3) is 0 Å². The Labute approximate surface area is 113 Å². The number of hydrogen-bond donors (Lipinski definition) is 0. The summed E-state index contributed by atoms with van der Waals surface area (Å²) in [4.78, 5) is 0. The minimum Gasteiger partial charge on any atom is -0.0622 e. The molecule has 0 aliphatic heterocycles. The lowest BCUT2D eigenvalue weighted by Crippen LogP contribution is -2.44. The smallest absolute Gasteiger partial charge is 0.0238 e. The van der Waals surface area contributed by atoms with Gasteiger partial charge in [0.05, 0.1) is 0 Å². The van der Waals surface area contributed by atoms with Crippen LogP contribution < -0.4 is 0 Å². The lowest BCUT2D eigenvalue weighted by Gasteiger charge is -2.51. The van der Waals surface area contributed by atoms with E-state index in [2.05, 4.69) is 20.8 Å². The maximum absolute atomic E-state index is 2.71. The van der Waals surface area contributed by atoms with Gasteiger partial charge in [0, 0.05) is 0 Å². The molecule has 0 aromatic rings. The van der Waals surface area contributed by atoms with E-state index in [4.69, 9.17) is 0 Å². The van der Waals surface area contributed by atoms with Crippen molar-refractivity contribution in [3.8, 4) is 0 Å². The third-order valence-electron chi connectivity index (χ3n) is 8.35. The van der Waals surface area contributed by atoms with Gasteiger partial charge in [0.2, 0.25) is 0 Å². The van der Waals surface area contributed by atoms with E-state index in [9.17, 15) is 0 Å². The van der Waals surface area contributed by atoms with Crippen molar-refractivity contribution in [2.45, 2.75) is 65.7 Å². The van der Waals surface area contributed by atoms with Crippen LogP contribution in [0, 0.1) is 46.8 Å². The first-order valence-electron chi connectivity index (χ1n) is 8.60. The van der Waals surface area contributed by atoms with Crippen LogP contribution in [0.4, 0.5) is 0 Å². The minimum atomic E-state index is 0.719. The van der Waals surface area contributed by atoms with Gasteiger partial charge < -0.3 is 0 Å². The standard InChI is InChI=1S/C18H30/c1-11-8-17(15-5-4-13(11)9-15)18(3)12(2)14-6-7-16(18)10-14/h11-17H,4-10H2,1-3H3. The maximum atomic E-state index is 2.71. The van der Waals surface area contributed by atoms with E-state index in [-0.39, 0.29) is 0 Å². The van der Waals surface area contributed by atoms with Crippen molar-refractivity contribution in [1.29, 1.82) is 0 Å². The highest BCUT2D eigenvalue weighted by molar-refractivity contribution is 5.08. The molecule has 0 aromatic carbocycles. The first-order valence-corrected chi connectivity index (χ1v) is 8.60. The highest BCUT2D eigenvalue weighted by atomic mass is 14.6. The van der Waals surface area contributed by atoms with Crippen LogP contribution in [0.25, 0.3) is 0 Å². The SMILES string of the molecule is CC1CC(C2(C)C3CCC(C3)C2C)C2CCC1C2. The average molecular weight is 246 g/mol. The van der Waals surface area contributed by atoms with Gasteiger partial charge in [0.15, 0.2) is 0 Å². The number of rotatable bonds is 1. The van der Waals surface area contributed by atoms with Crippen LogP contribution in [0.15, 0.2) is 0 Å². The van der Waals surface area contributed by atoms with Gasteiger partial charge in [-0.3, -0.25) is 0 Å². The lowest BCUT2D eigenvalue weighted by atomic mass is 9.54. The monoisotopic (exact) mass is 246 g/mol. The zero-order valence-corrected chi connectivity index (χ0v) is 12.5. The fourth-order valence-corrected chi connectivity index (χ4v) is 7.04. The third kappa shape index (κ3) is 1.33. The Hall–Kier alpha value is 0. The first-order chi connectivity index (χ1) is 8.60. The molecule has 8 unspecified atom stereocenters. The molecule has 102 valence electrons. The quantitative estimate of drug-likeness (QED) is 0.601. The van der Waals surface area contributed by atoms with Crippen molar-refractivity contribution in [3.63, 3.8) is 0 Å². The fourth-order valence-electron chi connectivity index (χ4n) is 7.04.